The molecule has 0 amide bonds. The first-order chi connectivity index (χ1) is 7.77. The van der Waals surface area contributed by atoms with Crippen LogP contribution in [0.3, 0.4) is 0 Å². The molecule has 3 nitrogen and oxygen atoms in total. The average molecular weight is 243 g/mol. The van der Waals surface area contributed by atoms with E-state index in [1.165, 1.54) is 0 Å². The highest BCUT2D eigenvalue weighted by molar-refractivity contribution is 5.98. The monoisotopic (exact) mass is 243 g/mol. The molecule has 0 aliphatic carbocycles. The molecule has 1 saturated heterocycles. The summed E-state index contributed by atoms with van der Waals surface area (Å²) in [6.45, 7) is 6.91. The highest BCUT2D eigenvalue weighted by atomic mass is 28.2. The van der Waals surface area contributed by atoms with Crippen LogP contribution >= 0.6 is 0 Å². The molecule has 4 heteroatoms. The topological polar surface area (TPSA) is 31.0 Å². The van der Waals surface area contributed by atoms with E-state index in [0.29, 0.717) is 18.1 Å². The van der Waals surface area contributed by atoms with E-state index in [4.69, 9.17) is 13.9 Å². The molecular weight excluding hydrogens is 220 g/mol. The molecule has 3 unspecified atom stereocenters. The summed E-state index contributed by atoms with van der Waals surface area (Å²) >= 11 is 0. The Hall–Kier alpha value is 0.0969. The number of rotatable bonds is 10. The molecule has 0 N–H and O–H groups in total. The van der Waals surface area contributed by atoms with E-state index < -0.39 is 0 Å². The van der Waals surface area contributed by atoms with E-state index in [2.05, 4.69) is 24.3 Å². The van der Waals surface area contributed by atoms with Gasteiger partial charge in [0.1, 0.15) is 6.10 Å². The van der Waals surface area contributed by atoms with Gasteiger partial charge in [-0.05, 0) is 25.2 Å². The minimum atomic E-state index is 0.327. The predicted molar refractivity (Wildman–Crippen MR) is 64.5 cm³/mol. The lowest BCUT2D eigenvalue weighted by atomic mass is 9.96. The summed E-state index contributed by atoms with van der Waals surface area (Å²) in [7, 11) is 3.17. The van der Waals surface area contributed by atoms with E-state index >= 15 is 0 Å². The molecule has 1 heterocycles. The van der Waals surface area contributed by atoms with Crippen LogP contribution in [0.4, 0.5) is 0 Å². The SMILES string of the molecule is CCCC(O[Si])C(C)CCCOCC1CO1. The molecule has 0 bridgehead atoms. The van der Waals surface area contributed by atoms with Crippen molar-refractivity contribution < 1.29 is 13.9 Å². The van der Waals surface area contributed by atoms with E-state index in [-0.39, 0.29) is 0 Å². The van der Waals surface area contributed by atoms with Gasteiger partial charge in [-0.25, -0.2) is 0 Å². The Morgan fingerprint density at radius 1 is 1.44 bits per heavy atom. The maximum absolute atomic E-state index is 5.50. The quantitative estimate of drug-likeness (QED) is 0.334. The lowest BCUT2D eigenvalue weighted by molar-refractivity contribution is 0.0965. The first-order valence-corrected chi connectivity index (χ1v) is 6.70. The van der Waals surface area contributed by atoms with Crippen molar-refractivity contribution in [1.82, 2.24) is 0 Å². The third kappa shape index (κ3) is 5.99. The molecule has 0 saturated carbocycles. The lowest BCUT2D eigenvalue weighted by Gasteiger charge is -2.22. The molecule has 0 aromatic carbocycles. The zero-order valence-corrected chi connectivity index (χ0v) is 11.4. The fourth-order valence-corrected chi connectivity index (χ4v) is 2.17. The van der Waals surface area contributed by atoms with Gasteiger partial charge < -0.3 is 13.9 Å². The van der Waals surface area contributed by atoms with Crippen LogP contribution in [0.25, 0.3) is 0 Å². The van der Waals surface area contributed by atoms with Gasteiger partial charge in [0.15, 0.2) is 0 Å². The smallest absolute Gasteiger partial charge is 0.246 e. The largest absolute Gasteiger partial charge is 0.415 e. The highest BCUT2D eigenvalue weighted by Crippen LogP contribution is 2.18. The number of ether oxygens (including phenoxy) is 2. The summed E-state index contributed by atoms with van der Waals surface area (Å²) < 4.78 is 15.9. The Balaban J connectivity index is 1.96. The molecule has 93 valence electrons. The Kier molecular flexibility index (Phi) is 7.28. The van der Waals surface area contributed by atoms with Crippen LogP contribution in [0.2, 0.25) is 0 Å². The van der Waals surface area contributed by atoms with Crippen molar-refractivity contribution >= 4 is 10.5 Å². The zero-order chi connectivity index (χ0) is 11.8. The normalized spacial score (nSPS) is 23.1. The van der Waals surface area contributed by atoms with Gasteiger partial charge in [-0.3, -0.25) is 0 Å². The van der Waals surface area contributed by atoms with Crippen LogP contribution in [-0.2, 0) is 13.9 Å². The third-order valence-corrected chi connectivity index (χ3v) is 3.32. The summed E-state index contributed by atoms with van der Waals surface area (Å²) in [6.07, 6.45) is 5.24. The molecule has 16 heavy (non-hydrogen) atoms. The molecule has 0 aromatic heterocycles. The molecule has 1 rings (SSSR count). The fourth-order valence-electron chi connectivity index (χ4n) is 1.82. The Morgan fingerprint density at radius 2 is 2.19 bits per heavy atom. The van der Waals surface area contributed by atoms with Crippen LogP contribution in [0.5, 0.6) is 0 Å². The third-order valence-electron chi connectivity index (χ3n) is 3.01. The van der Waals surface area contributed by atoms with Crippen molar-refractivity contribution in [2.75, 3.05) is 19.8 Å². The van der Waals surface area contributed by atoms with E-state index in [0.717, 1.165) is 45.5 Å². The Bertz CT molecular complexity index is 174. The fraction of sp³-hybridized carbons (Fsp3) is 1.00. The molecular formula is C12H23O3Si. The molecule has 3 atom stereocenters. The second-order valence-electron chi connectivity index (χ2n) is 4.59. The first kappa shape index (κ1) is 14.2. The maximum Gasteiger partial charge on any atom is 0.246 e. The van der Waals surface area contributed by atoms with Gasteiger partial charge in [0.25, 0.3) is 0 Å². The lowest BCUT2D eigenvalue weighted by Crippen LogP contribution is -2.21. The summed E-state index contributed by atoms with van der Waals surface area (Å²) in [5, 5.41) is 0. The second kappa shape index (κ2) is 8.23. The summed E-state index contributed by atoms with van der Waals surface area (Å²) in [5.41, 5.74) is 0. The van der Waals surface area contributed by atoms with E-state index in [9.17, 15) is 0 Å². The van der Waals surface area contributed by atoms with Gasteiger partial charge in [0, 0.05) is 12.7 Å². The Labute approximate surface area is 102 Å². The van der Waals surface area contributed by atoms with Crippen LogP contribution in [0, 0.1) is 5.92 Å². The zero-order valence-electron chi connectivity index (χ0n) is 10.4. The van der Waals surface area contributed by atoms with Crippen molar-refractivity contribution in [3.05, 3.63) is 0 Å². The minimum Gasteiger partial charge on any atom is -0.415 e. The predicted octanol–water partition coefficient (Wildman–Crippen LogP) is 2.09. The molecule has 1 fully saturated rings. The van der Waals surface area contributed by atoms with Crippen molar-refractivity contribution in [3.63, 3.8) is 0 Å². The van der Waals surface area contributed by atoms with Crippen LogP contribution in [0.15, 0.2) is 0 Å². The molecule has 3 radical (unpaired) electrons. The maximum atomic E-state index is 5.50. The van der Waals surface area contributed by atoms with Gasteiger partial charge in [-0.15, -0.1) is 0 Å². The van der Waals surface area contributed by atoms with Gasteiger partial charge in [-0.2, -0.15) is 0 Å². The van der Waals surface area contributed by atoms with Gasteiger partial charge in [0.2, 0.25) is 10.5 Å². The average Bonchev–Trinajstić information content (AvgIpc) is 3.09. The number of hydrogen-bond acceptors (Lipinski definition) is 3. The van der Waals surface area contributed by atoms with Gasteiger partial charge in [-0.1, -0.05) is 20.3 Å². The van der Waals surface area contributed by atoms with Crippen molar-refractivity contribution in [2.24, 2.45) is 5.92 Å². The summed E-state index contributed by atoms with van der Waals surface area (Å²) in [5.74, 6) is 0.582. The first-order valence-electron chi connectivity index (χ1n) is 6.29. The molecule has 1 aliphatic heterocycles. The summed E-state index contributed by atoms with van der Waals surface area (Å²) in [4.78, 5) is 0. The van der Waals surface area contributed by atoms with Crippen molar-refractivity contribution in [2.45, 2.75) is 51.7 Å². The molecule has 1 aliphatic rings. The number of hydrogen-bond donors (Lipinski definition) is 0. The van der Waals surface area contributed by atoms with E-state index in [1.54, 1.807) is 0 Å². The molecule has 0 spiro atoms. The highest BCUT2D eigenvalue weighted by Gasteiger charge is 2.22. The van der Waals surface area contributed by atoms with Crippen LogP contribution in [-0.4, -0.2) is 42.5 Å². The van der Waals surface area contributed by atoms with E-state index in [1.807, 2.05) is 0 Å². The van der Waals surface area contributed by atoms with Crippen LogP contribution < -0.4 is 0 Å². The second-order valence-corrected chi connectivity index (χ2v) is 4.83. The van der Waals surface area contributed by atoms with Crippen molar-refractivity contribution in [1.29, 1.82) is 0 Å². The molecule has 0 aromatic rings. The van der Waals surface area contributed by atoms with Crippen LogP contribution in [0.1, 0.15) is 39.5 Å². The minimum absolute atomic E-state index is 0.327. The van der Waals surface area contributed by atoms with Gasteiger partial charge >= 0.3 is 0 Å². The number of epoxide rings is 1. The van der Waals surface area contributed by atoms with Gasteiger partial charge in [0.05, 0.1) is 13.2 Å². The standard InChI is InChI=1S/C12H23O3Si/c1-3-5-12(15-16)10(2)6-4-7-13-8-11-9-14-11/h10-12H,3-9H2,1-2H3. The summed E-state index contributed by atoms with van der Waals surface area (Å²) in [6, 6.07) is 0. The van der Waals surface area contributed by atoms with Crippen molar-refractivity contribution in [3.8, 4) is 0 Å². The Morgan fingerprint density at radius 3 is 2.75 bits per heavy atom.